The van der Waals surface area contributed by atoms with Gasteiger partial charge < -0.3 is 20.4 Å². The molecule has 0 heterocycles. The van der Waals surface area contributed by atoms with E-state index in [1.807, 2.05) is 6.08 Å². The maximum Gasteiger partial charge on any atom is 0.0939 e. The smallest absolute Gasteiger partial charge is 0.0939 e. The van der Waals surface area contributed by atoms with Gasteiger partial charge in [-0.25, -0.2) is 0 Å². The minimum atomic E-state index is -1.31. The predicted octanol–water partition coefficient (Wildman–Crippen LogP) is 0.834. The van der Waals surface area contributed by atoms with Gasteiger partial charge in [0.2, 0.25) is 0 Å². The van der Waals surface area contributed by atoms with E-state index in [9.17, 15) is 20.4 Å². The number of fused-ring (bicyclic) bond motifs is 1. The van der Waals surface area contributed by atoms with Gasteiger partial charge in [-0.05, 0) is 25.7 Å². The van der Waals surface area contributed by atoms with Gasteiger partial charge in [-0.15, -0.1) is 0 Å². The Morgan fingerprint density at radius 3 is 2.53 bits per heavy atom. The number of rotatable bonds is 2. The predicted molar refractivity (Wildman–Crippen MR) is 72.4 cm³/mol. The molecule has 0 aromatic rings. The van der Waals surface area contributed by atoms with E-state index in [0.29, 0.717) is 18.8 Å². The van der Waals surface area contributed by atoms with Crippen LogP contribution in [-0.4, -0.2) is 44.3 Å². The highest BCUT2D eigenvalue weighted by Crippen LogP contribution is 2.50. The normalized spacial score (nSPS) is 46.9. The van der Waals surface area contributed by atoms with Crippen LogP contribution < -0.4 is 0 Å². The molecule has 4 N–H and O–H groups in total. The van der Waals surface area contributed by atoms with Crippen LogP contribution in [0.15, 0.2) is 11.6 Å². The summed E-state index contributed by atoms with van der Waals surface area (Å²) in [6, 6.07) is 0. The standard InChI is InChI=1S/C15H26O4/c1-9(2)10-4-5-15(19,8-16)13-11(6-10)14(3,18)7-12(13)17/h6,9,11-13,16-19H,4-5,7-8H2,1-3H3/t11-,12-,13-,14-,15+/m0/s1. The number of hydrogen-bond donors (Lipinski definition) is 4. The van der Waals surface area contributed by atoms with Crippen LogP contribution in [0.4, 0.5) is 0 Å². The van der Waals surface area contributed by atoms with Crippen LogP contribution in [0, 0.1) is 17.8 Å². The van der Waals surface area contributed by atoms with E-state index >= 15 is 0 Å². The average Bonchev–Trinajstić information content (AvgIpc) is 2.47. The first-order valence-electron chi connectivity index (χ1n) is 7.15. The third kappa shape index (κ3) is 2.47. The summed E-state index contributed by atoms with van der Waals surface area (Å²) in [6.07, 6.45) is 2.62. The van der Waals surface area contributed by atoms with Crippen molar-refractivity contribution < 1.29 is 20.4 Å². The molecule has 1 saturated carbocycles. The van der Waals surface area contributed by atoms with Crippen molar-refractivity contribution in [2.24, 2.45) is 17.8 Å². The first-order valence-corrected chi connectivity index (χ1v) is 7.15. The third-order valence-electron chi connectivity index (χ3n) is 5.02. The van der Waals surface area contributed by atoms with Crippen molar-refractivity contribution in [3.63, 3.8) is 0 Å². The van der Waals surface area contributed by atoms with Gasteiger partial charge in [-0.3, -0.25) is 0 Å². The summed E-state index contributed by atoms with van der Waals surface area (Å²) >= 11 is 0. The molecule has 19 heavy (non-hydrogen) atoms. The second-order valence-electron chi connectivity index (χ2n) is 6.84. The zero-order valence-corrected chi connectivity index (χ0v) is 12.0. The fraction of sp³-hybridized carbons (Fsp3) is 0.867. The highest BCUT2D eigenvalue weighted by atomic mass is 16.3. The summed E-state index contributed by atoms with van der Waals surface area (Å²) in [5, 5.41) is 41.0. The van der Waals surface area contributed by atoms with Crippen molar-refractivity contribution in [2.75, 3.05) is 6.61 Å². The van der Waals surface area contributed by atoms with Gasteiger partial charge in [0.1, 0.15) is 0 Å². The van der Waals surface area contributed by atoms with Gasteiger partial charge >= 0.3 is 0 Å². The number of allylic oxidation sites excluding steroid dienone is 1. The fourth-order valence-electron chi connectivity index (χ4n) is 3.80. The quantitative estimate of drug-likeness (QED) is 0.560. The van der Waals surface area contributed by atoms with E-state index in [-0.39, 0.29) is 18.9 Å². The largest absolute Gasteiger partial charge is 0.393 e. The molecule has 1 fully saturated rings. The zero-order valence-electron chi connectivity index (χ0n) is 12.0. The van der Waals surface area contributed by atoms with Crippen molar-refractivity contribution in [1.82, 2.24) is 0 Å². The van der Waals surface area contributed by atoms with E-state index in [0.717, 1.165) is 0 Å². The Hall–Kier alpha value is -0.420. The SMILES string of the molecule is CC(C)C1=C[C@H]2[C@@H]([C@@H](O)C[C@]2(C)O)[C@](O)(CO)CC1. The molecule has 0 aromatic heterocycles. The highest BCUT2D eigenvalue weighted by Gasteiger charge is 2.57. The Morgan fingerprint density at radius 2 is 2.00 bits per heavy atom. The van der Waals surface area contributed by atoms with Crippen molar-refractivity contribution in [3.8, 4) is 0 Å². The van der Waals surface area contributed by atoms with Crippen molar-refractivity contribution in [1.29, 1.82) is 0 Å². The van der Waals surface area contributed by atoms with E-state index in [2.05, 4.69) is 13.8 Å². The maximum absolute atomic E-state index is 10.7. The average molecular weight is 270 g/mol. The van der Waals surface area contributed by atoms with Crippen molar-refractivity contribution in [3.05, 3.63) is 11.6 Å². The Kier molecular flexibility index (Phi) is 3.82. The minimum absolute atomic E-state index is 0.243. The Labute approximate surface area is 114 Å². The lowest BCUT2D eigenvalue weighted by Gasteiger charge is -2.37. The van der Waals surface area contributed by atoms with Crippen LogP contribution >= 0.6 is 0 Å². The molecule has 2 rings (SSSR count). The summed E-state index contributed by atoms with van der Waals surface area (Å²) in [7, 11) is 0. The third-order valence-corrected chi connectivity index (χ3v) is 5.02. The van der Waals surface area contributed by atoms with E-state index in [1.165, 1.54) is 5.57 Å². The van der Waals surface area contributed by atoms with Crippen molar-refractivity contribution >= 4 is 0 Å². The molecule has 2 aliphatic rings. The summed E-state index contributed by atoms with van der Waals surface area (Å²) < 4.78 is 0. The molecule has 110 valence electrons. The number of aliphatic hydroxyl groups excluding tert-OH is 2. The van der Waals surface area contributed by atoms with Gasteiger partial charge in [0, 0.05) is 18.3 Å². The van der Waals surface area contributed by atoms with E-state index in [4.69, 9.17) is 0 Å². The fourth-order valence-corrected chi connectivity index (χ4v) is 3.80. The van der Waals surface area contributed by atoms with Gasteiger partial charge in [0.05, 0.1) is 23.9 Å². The van der Waals surface area contributed by atoms with Gasteiger partial charge in [-0.2, -0.15) is 0 Å². The maximum atomic E-state index is 10.7. The summed E-state index contributed by atoms with van der Waals surface area (Å²) in [4.78, 5) is 0. The monoisotopic (exact) mass is 270 g/mol. The summed E-state index contributed by atoms with van der Waals surface area (Å²) in [6.45, 7) is 5.51. The Morgan fingerprint density at radius 1 is 1.37 bits per heavy atom. The number of aliphatic hydroxyl groups is 4. The molecular formula is C15H26O4. The molecule has 5 atom stereocenters. The van der Waals surface area contributed by atoms with E-state index in [1.54, 1.807) is 6.92 Å². The van der Waals surface area contributed by atoms with Crippen LogP contribution in [0.5, 0.6) is 0 Å². The van der Waals surface area contributed by atoms with E-state index < -0.39 is 23.2 Å². The molecule has 4 nitrogen and oxygen atoms in total. The minimum Gasteiger partial charge on any atom is -0.393 e. The van der Waals surface area contributed by atoms with Crippen LogP contribution in [-0.2, 0) is 0 Å². The molecule has 0 aliphatic heterocycles. The molecule has 0 bridgehead atoms. The lowest BCUT2D eigenvalue weighted by molar-refractivity contribution is -0.108. The van der Waals surface area contributed by atoms with Gasteiger partial charge in [-0.1, -0.05) is 25.5 Å². The topological polar surface area (TPSA) is 80.9 Å². The van der Waals surface area contributed by atoms with Gasteiger partial charge in [0.25, 0.3) is 0 Å². The van der Waals surface area contributed by atoms with Crippen LogP contribution in [0.3, 0.4) is 0 Å². The molecular weight excluding hydrogens is 244 g/mol. The zero-order chi connectivity index (χ0) is 14.4. The molecule has 0 saturated heterocycles. The summed E-state index contributed by atoms with van der Waals surface area (Å²) in [5.41, 5.74) is -1.15. The summed E-state index contributed by atoms with van der Waals surface area (Å²) in [5.74, 6) is -0.460. The molecule has 0 unspecified atom stereocenters. The second kappa shape index (κ2) is 4.85. The van der Waals surface area contributed by atoms with Crippen LogP contribution in [0.2, 0.25) is 0 Å². The molecule has 4 heteroatoms. The lowest BCUT2D eigenvalue weighted by atomic mass is 9.76. The van der Waals surface area contributed by atoms with Crippen LogP contribution in [0.25, 0.3) is 0 Å². The first kappa shape index (κ1) is 15.0. The van der Waals surface area contributed by atoms with Gasteiger partial charge in [0.15, 0.2) is 0 Å². The van der Waals surface area contributed by atoms with Crippen LogP contribution in [0.1, 0.15) is 40.0 Å². The molecule has 0 aromatic carbocycles. The molecule has 0 amide bonds. The molecule has 0 radical (unpaired) electrons. The Bertz CT molecular complexity index is 374. The highest BCUT2D eigenvalue weighted by molar-refractivity contribution is 5.21. The van der Waals surface area contributed by atoms with Crippen molar-refractivity contribution in [2.45, 2.75) is 57.3 Å². The molecule has 2 aliphatic carbocycles. The first-order chi connectivity index (χ1) is 8.71. The number of hydrogen-bond acceptors (Lipinski definition) is 4. The molecule has 0 spiro atoms. The Balaban J connectivity index is 2.45. The second-order valence-corrected chi connectivity index (χ2v) is 6.84. The lowest BCUT2D eigenvalue weighted by Crippen LogP contribution is -2.48.